The number of nitriles is 1. The fraction of sp³-hybridized carbons (Fsp3) is 0.282. The van der Waals surface area contributed by atoms with Crippen LogP contribution in [0.25, 0.3) is 11.3 Å². The van der Waals surface area contributed by atoms with Crippen molar-refractivity contribution < 1.29 is 23.6 Å². The van der Waals surface area contributed by atoms with E-state index in [1.807, 2.05) is 12.1 Å². The van der Waals surface area contributed by atoms with E-state index in [0.29, 0.717) is 84.5 Å². The summed E-state index contributed by atoms with van der Waals surface area (Å²) in [4.78, 5) is 59.9. The van der Waals surface area contributed by atoms with Gasteiger partial charge in [0, 0.05) is 44.2 Å². The Labute approximate surface area is 289 Å². The van der Waals surface area contributed by atoms with Crippen LogP contribution >= 0.6 is 0 Å². The molecule has 4 amide bonds. The average molecular weight is 673 g/mol. The van der Waals surface area contributed by atoms with Gasteiger partial charge in [-0.3, -0.25) is 24.1 Å². The molecule has 2 aliphatic heterocycles. The first-order chi connectivity index (χ1) is 24.3. The molecule has 50 heavy (non-hydrogen) atoms. The Morgan fingerprint density at radius 2 is 1.62 bits per heavy atom. The average Bonchev–Trinajstić information content (AvgIpc) is 3.37. The van der Waals surface area contributed by atoms with Crippen molar-refractivity contribution in [3.8, 4) is 17.3 Å². The Hall–Kier alpha value is -5.89. The number of anilines is 1. The second kappa shape index (κ2) is 15.6. The molecule has 0 bridgehead atoms. The van der Waals surface area contributed by atoms with E-state index in [-0.39, 0.29) is 48.6 Å². The monoisotopic (exact) mass is 672 g/mol. The Bertz CT molecular complexity index is 1940. The van der Waals surface area contributed by atoms with Gasteiger partial charge in [0.15, 0.2) is 0 Å². The molecule has 1 aromatic heterocycles. The van der Waals surface area contributed by atoms with Crippen LogP contribution in [0.1, 0.15) is 74.3 Å². The zero-order valence-electron chi connectivity index (χ0n) is 27.5. The van der Waals surface area contributed by atoms with Gasteiger partial charge < -0.3 is 15.5 Å². The molecule has 11 heteroatoms. The number of imide groups is 1. The van der Waals surface area contributed by atoms with Crippen molar-refractivity contribution in [2.45, 2.75) is 44.6 Å². The number of halogens is 1. The van der Waals surface area contributed by atoms with Gasteiger partial charge >= 0.3 is 0 Å². The van der Waals surface area contributed by atoms with Crippen LogP contribution in [-0.2, 0) is 11.2 Å². The largest absolute Gasteiger partial charge is 0.369 e. The number of aromatic nitrogens is 1. The normalized spacial score (nSPS) is 15.5. The van der Waals surface area contributed by atoms with Gasteiger partial charge in [-0.1, -0.05) is 42.5 Å². The van der Waals surface area contributed by atoms with Crippen molar-refractivity contribution in [3.63, 3.8) is 0 Å². The van der Waals surface area contributed by atoms with Gasteiger partial charge in [0.1, 0.15) is 11.6 Å². The highest BCUT2D eigenvalue weighted by atomic mass is 19.1. The number of nitrogens with one attached hydrogen (secondary N) is 2. The summed E-state index contributed by atoms with van der Waals surface area (Å²) in [5.74, 6) is -0.935. The lowest BCUT2D eigenvalue weighted by Gasteiger charge is -2.36. The number of nitrogens with zero attached hydrogens (tertiary/aromatic N) is 4. The molecular formula is C39H37FN6O4. The number of benzene rings is 3. The van der Waals surface area contributed by atoms with E-state index >= 15 is 0 Å². The summed E-state index contributed by atoms with van der Waals surface area (Å²) in [6, 6.07) is 25.6. The summed E-state index contributed by atoms with van der Waals surface area (Å²) < 4.78 is 13.8. The number of rotatable bonds is 13. The molecule has 1 saturated heterocycles. The molecular weight excluding hydrogens is 635 g/mol. The van der Waals surface area contributed by atoms with Crippen LogP contribution in [0.2, 0.25) is 0 Å². The zero-order chi connectivity index (χ0) is 35.0. The number of pyridine rings is 1. The summed E-state index contributed by atoms with van der Waals surface area (Å²) >= 11 is 0. The Balaban J connectivity index is 1.10. The lowest BCUT2D eigenvalue weighted by molar-refractivity contribution is -0.136. The number of carbonyl (C=O) groups is 4. The van der Waals surface area contributed by atoms with E-state index in [9.17, 15) is 28.8 Å². The van der Waals surface area contributed by atoms with Gasteiger partial charge in [-0.05, 0) is 80.1 Å². The highest BCUT2D eigenvalue weighted by Crippen LogP contribution is 2.26. The second-order valence-corrected chi connectivity index (χ2v) is 12.4. The maximum absolute atomic E-state index is 13.8. The van der Waals surface area contributed by atoms with Crippen molar-refractivity contribution >= 4 is 29.4 Å². The van der Waals surface area contributed by atoms with E-state index < -0.39 is 0 Å². The van der Waals surface area contributed by atoms with Gasteiger partial charge in [0.05, 0.1) is 34.0 Å². The van der Waals surface area contributed by atoms with Crippen LogP contribution in [0.15, 0.2) is 84.9 Å². The maximum Gasteiger partial charge on any atom is 0.261 e. The molecule has 2 N–H and O–H groups in total. The van der Waals surface area contributed by atoms with E-state index in [1.165, 1.54) is 17.0 Å². The lowest BCUT2D eigenvalue weighted by Crippen LogP contribution is -2.49. The first-order valence-corrected chi connectivity index (χ1v) is 16.9. The predicted molar refractivity (Wildman–Crippen MR) is 186 cm³/mol. The quantitative estimate of drug-likeness (QED) is 0.139. The molecule has 6 rings (SSSR count). The van der Waals surface area contributed by atoms with Crippen LogP contribution < -0.4 is 10.6 Å². The van der Waals surface area contributed by atoms with Gasteiger partial charge in [-0.25, -0.2) is 9.37 Å². The SMILES string of the molecule is N#Cc1ccccc1-c1ccc(C(=O)NC[C@H]2CCCC(=O)N2CCCCN2C(=O)c3ccccc3C2=O)c(NCCc2cccc(F)c2)n1. The summed E-state index contributed by atoms with van der Waals surface area (Å²) in [6.45, 7) is 1.34. The number of hydrogen-bond acceptors (Lipinski definition) is 7. The number of amides is 4. The lowest BCUT2D eigenvalue weighted by atomic mass is 10.0. The number of fused-ring (bicyclic) bond motifs is 1. The van der Waals surface area contributed by atoms with Crippen molar-refractivity contribution in [2.24, 2.45) is 0 Å². The molecule has 0 spiro atoms. The number of hydrogen-bond donors (Lipinski definition) is 2. The summed E-state index contributed by atoms with van der Waals surface area (Å²) in [6.07, 6.45) is 3.51. The van der Waals surface area contributed by atoms with Gasteiger partial charge in [-0.2, -0.15) is 5.26 Å². The minimum Gasteiger partial charge on any atom is -0.369 e. The molecule has 0 radical (unpaired) electrons. The van der Waals surface area contributed by atoms with E-state index in [4.69, 9.17) is 4.98 Å². The molecule has 0 saturated carbocycles. The second-order valence-electron chi connectivity index (χ2n) is 12.4. The topological polar surface area (TPSA) is 136 Å². The summed E-state index contributed by atoms with van der Waals surface area (Å²) in [5.41, 5.74) is 3.54. The minimum atomic E-state index is -0.366. The van der Waals surface area contributed by atoms with Crippen LogP contribution in [0.3, 0.4) is 0 Å². The number of carbonyl (C=O) groups excluding carboxylic acids is 4. The summed E-state index contributed by atoms with van der Waals surface area (Å²) in [7, 11) is 0. The van der Waals surface area contributed by atoms with Crippen molar-refractivity contribution in [2.75, 3.05) is 31.5 Å². The third-order valence-corrected chi connectivity index (χ3v) is 9.15. The first kappa shape index (κ1) is 34.0. The van der Waals surface area contributed by atoms with Crippen LogP contribution in [0, 0.1) is 17.1 Å². The fourth-order valence-electron chi connectivity index (χ4n) is 6.56. The highest BCUT2D eigenvalue weighted by Gasteiger charge is 2.35. The number of unbranched alkanes of at least 4 members (excludes halogenated alkanes) is 1. The molecule has 1 fully saturated rings. The number of likely N-dealkylation sites (tertiary alicyclic amines) is 1. The Morgan fingerprint density at radius 3 is 2.36 bits per heavy atom. The molecule has 3 heterocycles. The predicted octanol–water partition coefficient (Wildman–Crippen LogP) is 5.60. The Kier molecular flexibility index (Phi) is 10.6. The van der Waals surface area contributed by atoms with Gasteiger partial charge in [0.25, 0.3) is 17.7 Å². The van der Waals surface area contributed by atoms with Gasteiger partial charge in [-0.15, -0.1) is 0 Å². The molecule has 3 aromatic carbocycles. The molecule has 254 valence electrons. The Morgan fingerprint density at radius 1 is 0.900 bits per heavy atom. The third-order valence-electron chi connectivity index (χ3n) is 9.15. The van der Waals surface area contributed by atoms with E-state index in [0.717, 1.165) is 12.0 Å². The first-order valence-electron chi connectivity index (χ1n) is 16.9. The van der Waals surface area contributed by atoms with Gasteiger partial charge in [0.2, 0.25) is 5.91 Å². The molecule has 2 aliphatic rings. The van der Waals surface area contributed by atoms with Crippen LogP contribution in [-0.4, -0.2) is 70.6 Å². The molecule has 4 aromatic rings. The van der Waals surface area contributed by atoms with Crippen LogP contribution in [0.4, 0.5) is 10.2 Å². The number of piperidine rings is 1. The van der Waals surface area contributed by atoms with E-state index in [1.54, 1.807) is 65.6 Å². The van der Waals surface area contributed by atoms with Crippen molar-refractivity contribution in [1.29, 1.82) is 5.26 Å². The molecule has 1 atom stereocenters. The minimum absolute atomic E-state index is 0.0121. The molecule has 10 nitrogen and oxygen atoms in total. The van der Waals surface area contributed by atoms with Crippen LogP contribution in [0.5, 0.6) is 0 Å². The summed E-state index contributed by atoms with van der Waals surface area (Å²) in [5, 5.41) is 15.9. The fourth-order valence-corrected chi connectivity index (χ4v) is 6.56. The van der Waals surface area contributed by atoms with Crippen molar-refractivity contribution in [1.82, 2.24) is 20.1 Å². The third kappa shape index (κ3) is 7.55. The highest BCUT2D eigenvalue weighted by molar-refractivity contribution is 6.21. The molecule has 0 aliphatic carbocycles. The standard InChI is InChI=1S/C39H37FN6O4/c40-28-11-7-9-26(23-28)19-20-42-36-33(17-18-34(44-36)30-13-2-1-10-27(30)24-41)37(48)43-25-29-12-8-16-35(47)45(29)21-5-6-22-46-38(49)31-14-3-4-15-32(31)39(46)50/h1-4,7,9-11,13-15,17-18,23,29H,5-6,8,12,16,19-22,25H2,(H,42,44)(H,43,48)/t29-/m1/s1. The smallest absolute Gasteiger partial charge is 0.261 e. The zero-order valence-corrected chi connectivity index (χ0v) is 27.5. The van der Waals surface area contributed by atoms with Crippen molar-refractivity contribution in [3.05, 3.63) is 119 Å². The maximum atomic E-state index is 13.8. The van der Waals surface area contributed by atoms with E-state index in [2.05, 4.69) is 16.7 Å². The molecule has 0 unspecified atom stereocenters.